The van der Waals surface area contributed by atoms with Gasteiger partial charge in [-0.2, -0.15) is 0 Å². The highest BCUT2D eigenvalue weighted by molar-refractivity contribution is 5.18. The minimum absolute atomic E-state index is 0.0729. The maximum Gasteiger partial charge on any atom is 0.0830 e. The first kappa shape index (κ1) is 11.4. The van der Waals surface area contributed by atoms with Crippen molar-refractivity contribution in [1.29, 1.82) is 0 Å². The van der Waals surface area contributed by atoms with Crippen LogP contribution in [0.3, 0.4) is 0 Å². The van der Waals surface area contributed by atoms with Gasteiger partial charge in [0, 0.05) is 5.41 Å². The first-order chi connectivity index (χ1) is 7.63. The predicted octanol–water partition coefficient (Wildman–Crippen LogP) is 4.12. The first-order valence-corrected chi connectivity index (χ1v) is 5.97. The largest absolute Gasteiger partial charge is 0.369 e. The van der Waals surface area contributed by atoms with Crippen LogP contribution in [-0.2, 0) is 4.74 Å². The smallest absolute Gasteiger partial charge is 0.0830 e. The van der Waals surface area contributed by atoms with Gasteiger partial charge >= 0.3 is 0 Å². The van der Waals surface area contributed by atoms with E-state index in [0.717, 1.165) is 12.8 Å². The molecule has 0 amide bonds. The van der Waals surface area contributed by atoms with Crippen molar-refractivity contribution in [3.63, 3.8) is 0 Å². The van der Waals surface area contributed by atoms with Gasteiger partial charge in [0.15, 0.2) is 0 Å². The fourth-order valence-corrected chi connectivity index (χ4v) is 2.23. The first-order valence-electron chi connectivity index (χ1n) is 5.97. The number of ether oxygens (including phenoxy) is 1. The number of rotatable bonds is 3. The Morgan fingerprint density at radius 3 is 2.56 bits per heavy atom. The minimum atomic E-state index is 0.0729. The number of benzene rings is 1. The van der Waals surface area contributed by atoms with E-state index in [1.807, 2.05) is 12.1 Å². The van der Waals surface area contributed by atoms with Gasteiger partial charge in [0.2, 0.25) is 0 Å². The summed E-state index contributed by atoms with van der Waals surface area (Å²) in [6, 6.07) is 10.5. The zero-order chi connectivity index (χ0) is 11.6. The summed E-state index contributed by atoms with van der Waals surface area (Å²) in [7, 11) is 0. The highest BCUT2D eigenvalue weighted by atomic mass is 16.5. The summed E-state index contributed by atoms with van der Waals surface area (Å²) < 4.78 is 6.13. The molecule has 2 atom stereocenters. The van der Waals surface area contributed by atoms with Crippen molar-refractivity contribution in [3.8, 4) is 0 Å². The lowest BCUT2D eigenvalue weighted by Gasteiger charge is -2.28. The van der Waals surface area contributed by atoms with Gasteiger partial charge in [-0.15, -0.1) is 6.58 Å². The summed E-state index contributed by atoms with van der Waals surface area (Å²) in [5.41, 5.74) is 1.37. The molecule has 1 aliphatic heterocycles. The molecule has 2 rings (SSSR count). The molecule has 1 aromatic carbocycles. The molecule has 1 aromatic rings. The Morgan fingerprint density at radius 2 is 1.94 bits per heavy atom. The average molecular weight is 216 g/mol. The van der Waals surface area contributed by atoms with Crippen molar-refractivity contribution < 1.29 is 4.74 Å². The van der Waals surface area contributed by atoms with E-state index in [4.69, 9.17) is 4.74 Å². The van der Waals surface area contributed by atoms with Crippen LogP contribution in [-0.4, -0.2) is 6.10 Å². The Kier molecular flexibility index (Phi) is 3.15. The molecule has 0 saturated carbocycles. The molecule has 0 bridgehead atoms. The summed E-state index contributed by atoms with van der Waals surface area (Å²) in [4.78, 5) is 0. The molecule has 1 nitrogen and oxygen atoms in total. The van der Waals surface area contributed by atoms with Crippen LogP contribution in [0.2, 0.25) is 0 Å². The molecule has 0 radical (unpaired) electrons. The Bertz CT molecular complexity index is 353. The molecule has 0 aromatic heterocycles. The standard InChI is InChI=1S/C15H20O/c1-4-15(2,3)14-11-10-13(16-14)12-8-6-5-7-9-12/h4-9,13-14H,1,10-11H2,2-3H3/t13-,14-/m1/s1. The van der Waals surface area contributed by atoms with Crippen molar-refractivity contribution >= 4 is 0 Å². The fraction of sp³-hybridized carbons (Fsp3) is 0.467. The van der Waals surface area contributed by atoms with E-state index in [1.54, 1.807) is 0 Å². The quantitative estimate of drug-likeness (QED) is 0.691. The SMILES string of the molecule is C=CC(C)(C)[C@H]1CC[C@H](c2ccccc2)O1. The summed E-state index contributed by atoms with van der Waals surface area (Å²) >= 11 is 0. The van der Waals surface area contributed by atoms with E-state index in [0.29, 0.717) is 6.10 Å². The van der Waals surface area contributed by atoms with E-state index in [1.165, 1.54) is 5.56 Å². The zero-order valence-electron chi connectivity index (χ0n) is 10.1. The van der Waals surface area contributed by atoms with Crippen LogP contribution >= 0.6 is 0 Å². The van der Waals surface area contributed by atoms with E-state index in [9.17, 15) is 0 Å². The van der Waals surface area contributed by atoms with E-state index >= 15 is 0 Å². The minimum Gasteiger partial charge on any atom is -0.369 e. The normalized spacial score (nSPS) is 25.6. The summed E-state index contributed by atoms with van der Waals surface area (Å²) in [5.74, 6) is 0. The van der Waals surface area contributed by atoms with Crippen LogP contribution in [0.25, 0.3) is 0 Å². The Labute approximate surface area is 98.1 Å². The van der Waals surface area contributed by atoms with Crippen LogP contribution in [0.4, 0.5) is 0 Å². The molecule has 86 valence electrons. The number of hydrogen-bond donors (Lipinski definition) is 0. The Balaban J connectivity index is 2.07. The molecule has 16 heavy (non-hydrogen) atoms. The number of hydrogen-bond acceptors (Lipinski definition) is 1. The van der Waals surface area contributed by atoms with Crippen molar-refractivity contribution in [2.24, 2.45) is 5.41 Å². The second-order valence-corrected chi connectivity index (χ2v) is 5.13. The third-order valence-electron chi connectivity index (χ3n) is 3.55. The molecule has 0 aliphatic carbocycles. The Hall–Kier alpha value is -1.08. The highest BCUT2D eigenvalue weighted by Gasteiger charge is 2.35. The fourth-order valence-electron chi connectivity index (χ4n) is 2.23. The topological polar surface area (TPSA) is 9.23 Å². The maximum atomic E-state index is 6.13. The highest BCUT2D eigenvalue weighted by Crippen LogP contribution is 2.40. The molecular formula is C15H20O. The molecule has 1 heteroatoms. The molecule has 0 spiro atoms. The van der Waals surface area contributed by atoms with Gasteiger partial charge < -0.3 is 4.74 Å². The lowest BCUT2D eigenvalue weighted by Crippen LogP contribution is -2.26. The second kappa shape index (κ2) is 4.42. The molecule has 1 fully saturated rings. The molecule has 1 saturated heterocycles. The van der Waals surface area contributed by atoms with Gasteiger partial charge in [-0.25, -0.2) is 0 Å². The van der Waals surface area contributed by atoms with E-state index in [-0.39, 0.29) is 11.5 Å². The second-order valence-electron chi connectivity index (χ2n) is 5.13. The molecule has 1 heterocycles. The Morgan fingerprint density at radius 1 is 1.25 bits per heavy atom. The van der Waals surface area contributed by atoms with E-state index in [2.05, 4.69) is 44.7 Å². The molecular weight excluding hydrogens is 196 g/mol. The van der Waals surface area contributed by atoms with Crippen LogP contribution in [0, 0.1) is 5.41 Å². The maximum absolute atomic E-state index is 6.13. The van der Waals surface area contributed by atoms with E-state index < -0.39 is 0 Å². The van der Waals surface area contributed by atoms with Gasteiger partial charge in [-0.3, -0.25) is 0 Å². The predicted molar refractivity (Wildman–Crippen MR) is 67.3 cm³/mol. The van der Waals surface area contributed by atoms with Gasteiger partial charge in [0.25, 0.3) is 0 Å². The van der Waals surface area contributed by atoms with Crippen molar-refractivity contribution in [2.75, 3.05) is 0 Å². The lowest BCUT2D eigenvalue weighted by atomic mass is 9.85. The monoisotopic (exact) mass is 216 g/mol. The third kappa shape index (κ3) is 2.19. The van der Waals surface area contributed by atoms with Crippen LogP contribution in [0.1, 0.15) is 38.4 Å². The van der Waals surface area contributed by atoms with Crippen LogP contribution in [0.15, 0.2) is 43.0 Å². The van der Waals surface area contributed by atoms with Crippen LogP contribution < -0.4 is 0 Å². The van der Waals surface area contributed by atoms with Crippen molar-refractivity contribution in [2.45, 2.75) is 38.9 Å². The van der Waals surface area contributed by atoms with Gasteiger partial charge in [0.1, 0.15) is 0 Å². The zero-order valence-corrected chi connectivity index (χ0v) is 10.1. The van der Waals surface area contributed by atoms with Gasteiger partial charge in [-0.1, -0.05) is 50.3 Å². The average Bonchev–Trinajstić information content (AvgIpc) is 2.80. The summed E-state index contributed by atoms with van der Waals surface area (Å²) in [5, 5.41) is 0. The third-order valence-corrected chi connectivity index (χ3v) is 3.55. The molecule has 1 aliphatic rings. The van der Waals surface area contributed by atoms with Crippen molar-refractivity contribution in [3.05, 3.63) is 48.6 Å². The molecule has 0 N–H and O–H groups in total. The van der Waals surface area contributed by atoms with Gasteiger partial charge in [-0.05, 0) is 18.4 Å². The summed E-state index contributed by atoms with van der Waals surface area (Å²) in [6.45, 7) is 8.28. The lowest BCUT2D eigenvalue weighted by molar-refractivity contribution is -0.00556. The van der Waals surface area contributed by atoms with Crippen LogP contribution in [0.5, 0.6) is 0 Å². The van der Waals surface area contributed by atoms with Gasteiger partial charge in [0.05, 0.1) is 12.2 Å². The summed E-state index contributed by atoms with van der Waals surface area (Å²) in [6.07, 6.45) is 4.82. The van der Waals surface area contributed by atoms with Crippen molar-refractivity contribution in [1.82, 2.24) is 0 Å². The molecule has 0 unspecified atom stereocenters.